The van der Waals surface area contributed by atoms with Crippen molar-refractivity contribution in [1.82, 2.24) is 10.9 Å². The van der Waals surface area contributed by atoms with Crippen molar-refractivity contribution in [3.05, 3.63) is 65.5 Å². The van der Waals surface area contributed by atoms with E-state index < -0.39 is 17.6 Å². The number of hydrogen-bond acceptors (Lipinski definition) is 3. The summed E-state index contributed by atoms with van der Waals surface area (Å²) in [6.07, 6.45) is 0.885. The minimum atomic E-state index is -0.548. The van der Waals surface area contributed by atoms with Crippen LogP contribution in [-0.2, 0) is 11.2 Å². The van der Waals surface area contributed by atoms with Crippen LogP contribution in [0.2, 0.25) is 0 Å². The minimum Gasteiger partial charge on any atom is -0.484 e. The van der Waals surface area contributed by atoms with Crippen LogP contribution in [-0.4, -0.2) is 18.4 Å². The van der Waals surface area contributed by atoms with E-state index in [4.69, 9.17) is 4.74 Å². The van der Waals surface area contributed by atoms with Gasteiger partial charge in [0.15, 0.2) is 6.61 Å². The summed E-state index contributed by atoms with van der Waals surface area (Å²) < 4.78 is 18.1. The highest BCUT2D eigenvalue weighted by atomic mass is 19.1. The van der Waals surface area contributed by atoms with Gasteiger partial charge in [0.1, 0.15) is 11.6 Å². The van der Waals surface area contributed by atoms with Crippen molar-refractivity contribution in [3.8, 4) is 5.75 Å². The van der Waals surface area contributed by atoms with Gasteiger partial charge in [-0.1, -0.05) is 25.1 Å². The van der Waals surface area contributed by atoms with Crippen LogP contribution < -0.4 is 15.6 Å². The Kier molecular flexibility index (Phi) is 5.68. The van der Waals surface area contributed by atoms with Crippen LogP contribution in [0.15, 0.2) is 48.5 Å². The smallest absolute Gasteiger partial charge is 0.276 e. The van der Waals surface area contributed by atoms with E-state index >= 15 is 0 Å². The summed E-state index contributed by atoms with van der Waals surface area (Å²) in [6, 6.07) is 12.5. The summed E-state index contributed by atoms with van der Waals surface area (Å²) in [4.78, 5) is 23.4. The number of carbonyl (C=O) groups is 2. The molecule has 2 aromatic carbocycles. The number of hydrazine groups is 1. The Morgan fingerprint density at radius 1 is 1.09 bits per heavy atom. The van der Waals surface area contributed by atoms with Gasteiger partial charge in [-0.05, 0) is 36.2 Å². The maximum absolute atomic E-state index is 12.9. The predicted octanol–water partition coefficient (Wildman–Crippen LogP) is 2.23. The second kappa shape index (κ2) is 7.93. The lowest BCUT2D eigenvalue weighted by Crippen LogP contribution is -2.43. The Morgan fingerprint density at radius 2 is 1.83 bits per heavy atom. The zero-order valence-corrected chi connectivity index (χ0v) is 12.6. The van der Waals surface area contributed by atoms with Crippen molar-refractivity contribution in [1.29, 1.82) is 0 Å². The van der Waals surface area contributed by atoms with Crippen LogP contribution in [0, 0.1) is 5.82 Å². The van der Waals surface area contributed by atoms with E-state index in [0.29, 0.717) is 5.56 Å². The molecule has 0 atom stereocenters. The van der Waals surface area contributed by atoms with Crippen LogP contribution in [0.25, 0.3) is 0 Å². The van der Waals surface area contributed by atoms with Gasteiger partial charge in [-0.3, -0.25) is 20.4 Å². The zero-order chi connectivity index (χ0) is 16.7. The van der Waals surface area contributed by atoms with E-state index in [0.717, 1.165) is 12.0 Å². The average molecular weight is 316 g/mol. The molecule has 5 nitrogen and oxygen atoms in total. The average Bonchev–Trinajstić information content (AvgIpc) is 2.58. The molecule has 120 valence electrons. The molecule has 2 N–H and O–H groups in total. The van der Waals surface area contributed by atoms with Crippen molar-refractivity contribution in [2.24, 2.45) is 0 Å². The number of ether oxygens (including phenoxy) is 1. The Balaban J connectivity index is 1.78. The second-order valence-corrected chi connectivity index (χ2v) is 4.80. The molecule has 0 saturated carbocycles. The molecule has 0 heterocycles. The van der Waals surface area contributed by atoms with Gasteiger partial charge in [0.2, 0.25) is 0 Å². The van der Waals surface area contributed by atoms with Crippen molar-refractivity contribution in [2.45, 2.75) is 13.3 Å². The molecule has 0 spiro atoms. The normalized spacial score (nSPS) is 10.0. The van der Waals surface area contributed by atoms with E-state index in [9.17, 15) is 14.0 Å². The molecular weight excluding hydrogens is 299 g/mol. The molecule has 0 aromatic heterocycles. The fraction of sp³-hybridized carbons (Fsp3) is 0.176. The largest absolute Gasteiger partial charge is 0.484 e. The summed E-state index contributed by atoms with van der Waals surface area (Å²) in [5, 5.41) is 0. The van der Waals surface area contributed by atoms with E-state index in [1.165, 1.54) is 24.3 Å². The molecule has 0 saturated heterocycles. The molecule has 0 bridgehead atoms. The van der Waals surface area contributed by atoms with E-state index in [1.807, 2.05) is 19.1 Å². The number of hydrogen-bond donors (Lipinski definition) is 2. The molecule has 0 radical (unpaired) electrons. The molecule has 0 unspecified atom stereocenters. The van der Waals surface area contributed by atoms with Gasteiger partial charge >= 0.3 is 0 Å². The third-order valence-corrected chi connectivity index (χ3v) is 3.11. The molecule has 2 aromatic rings. The molecule has 0 aliphatic heterocycles. The van der Waals surface area contributed by atoms with Crippen molar-refractivity contribution in [2.75, 3.05) is 6.61 Å². The third kappa shape index (κ3) is 5.10. The lowest BCUT2D eigenvalue weighted by Gasteiger charge is -2.09. The highest BCUT2D eigenvalue weighted by Gasteiger charge is 2.08. The van der Waals surface area contributed by atoms with Crippen molar-refractivity contribution in [3.63, 3.8) is 0 Å². The summed E-state index contributed by atoms with van der Waals surface area (Å²) in [5.41, 5.74) is 6.09. The standard InChI is InChI=1S/C17H17FN2O3/c1-2-12-6-8-13(9-7-12)17(22)20-19-16(21)11-23-15-5-3-4-14(18)10-15/h3-10H,2,11H2,1H3,(H,19,21)(H,20,22). The second-order valence-electron chi connectivity index (χ2n) is 4.80. The number of carbonyl (C=O) groups excluding carboxylic acids is 2. The first-order valence-electron chi connectivity index (χ1n) is 7.15. The highest BCUT2D eigenvalue weighted by Crippen LogP contribution is 2.11. The van der Waals surface area contributed by atoms with Gasteiger partial charge in [0.05, 0.1) is 0 Å². The molecular formula is C17H17FN2O3. The lowest BCUT2D eigenvalue weighted by atomic mass is 10.1. The third-order valence-electron chi connectivity index (χ3n) is 3.11. The van der Waals surface area contributed by atoms with Gasteiger partial charge in [0, 0.05) is 11.6 Å². The van der Waals surface area contributed by atoms with Gasteiger partial charge in [-0.2, -0.15) is 0 Å². The summed E-state index contributed by atoms with van der Waals surface area (Å²) in [5.74, 6) is -1.19. The Bertz CT molecular complexity index is 686. The molecule has 2 amide bonds. The van der Waals surface area contributed by atoms with Crippen molar-refractivity contribution < 1.29 is 18.7 Å². The van der Waals surface area contributed by atoms with Gasteiger partial charge in [-0.15, -0.1) is 0 Å². The lowest BCUT2D eigenvalue weighted by molar-refractivity contribution is -0.123. The summed E-state index contributed by atoms with van der Waals surface area (Å²) >= 11 is 0. The Hall–Kier alpha value is -2.89. The summed E-state index contributed by atoms with van der Waals surface area (Å²) in [6.45, 7) is 1.69. The SMILES string of the molecule is CCc1ccc(C(=O)NNC(=O)COc2cccc(F)c2)cc1. The molecule has 6 heteroatoms. The van der Waals surface area contributed by atoms with Gasteiger partial charge in [0.25, 0.3) is 11.8 Å². The molecule has 0 aliphatic carbocycles. The number of rotatable bonds is 5. The maximum Gasteiger partial charge on any atom is 0.276 e. The van der Waals surface area contributed by atoms with Crippen LogP contribution >= 0.6 is 0 Å². The predicted molar refractivity (Wildman–Crippen MR) is 83.3 cm³/mol. The van der Waals surface area contributed by atoms with E-state index in [2.05, 4.69) is 10.9 Å². The Labute approximate surface area is 133 Å². The number of halogens is 1. The minimum absolute atomic E-state index is 0.238. The Morgan fingerprint density at radius 3 is 2.48 bits per heavy atom. The van der Waals surface area contributed by atoms with Gasteiger partial charge in [-0.25, -0.2) is 4.39 Å². The van der Waals surface area contributed by atoms with E-state index in [1.54, 1.807) is 12.1 Å². The number of aryl methyl sites for hydroxylation is 1. The van der Waals surface area contributed by atoms with E-state index in [-0.39, 0.29) is 12.4 Å². The van der Waals surface area contributed by atoms with Crippen LogP contribution in [0.4, 0.5) is 4.39 Å². The molecule has 0 aliphatic rings. The zero-order valence-electron chi connectivity index (χ0n) is 12.6. The fourth-order valence-corrected chi connectivity index (χ4v) is 1.83. The highest BCUT2D eigenvalue weighted by molar-refractivity contribution is 5.95. The molecule has 2 rings (SSSR count). The fourth-order valence-electron chi connectivity index (χ4n) is 1.83. The number of amides is 2. The number of nitrogens with one attached hydrogen (secondary N) is 2. The quantitative estimate of drug-likeness (QED) is 0.831. The summed E-state index contributed by atoms with van der Waals surface area (Å²) in [7, 11) is 0. The molecule has 0 fully saturated rings. The number of benzene rings is 2. The van der Waals surface area contributed by atoms with Crippen LogP contribution in [0.1, 0.15) is 22.8 Å². The maximum atomic E-state index is 12.9. The first-order chi connectivity index (χ1) is 11.1. The first-order valence-corrected chi connectivity index (χ1v) is 7.15. The van der Waals surface area contributed by atoms with Crippen LogP contribution in [0.3, 0.4) is 0 Å². The molecule has 23 heavy (non-hydrogen) atoms. The monoisotopic (exact) mass is 316 g/mol. The van der Waals surface area contributed by atoms with Crippen LogP contribution in [0.5, 0.6) is 5.75 Å². The topological polar surface area (TPSA) is 67.4 Å². The van der Waals surface area contributed by atoms with Crippen molar-refractivity contribution >= 4 is 11.8 Å². The first kappa shape index (κ1) is 16.5. The van der Waals surface area contributed by atoms with Gasteiger partial charge < -0.3 is 4.74 Å².